The molecule has 0 aliphatic carbocycles. The van der Waals surface area contributed by atoms with Crippen LogP contribution in [0.5, 0.6) is 0 Å². The summed E-state index contributed by atoms with van der Waals surface area (Å²) in [7, 11) is 0. The third kappa shape index (κ3) is 1.81. The Balaban J connectivity index is 2.15. The van der Waals surface area contributed by atoms with Gasteiger partial charge in [-0.2, -0.15) is 5.26 Å². The average Bonchev–Trinajstić information content (AvgIpc) is 2.47. The SMILES string of the molecule is N#Cc1ccc(N2CCCCO2)c2ccccc12. The van der Waals surface area contributed by atoms with Crippen LogP contribution in [0.15, 0.2) is 36.4 Å². The van der Waals surface area contributed by atoms with E-state index in [2.05, 4.69) is 6.07 Å². The molecule has 0 saturated carbocycles. The first-order valence-electron chi connectivity index (χ1n) is 6.22. The number of hydroxylamine groups is 1. The number of nitrogens with zero attached hydrogens (tertiary/aromatic N) is 2. The van der Waals surface area contributed by atoms with Crippen molar-refractivity contribution in [1.29, 1.82) is 5.26 Å². The van der Waals surface area contributed by atoms with Gasteiger partial charge in [-0.25, -0.2) is 0 Å². The van der Waals surface area contributed by atoms with E-state index in [0.717, 1.165) is 42.5 Å². The van der Waals surface area contributed by atoms with Gasteiger partial charge in [0, 0.05) is 17.3 Å². The standard InChI is InChI=1S/C15H14N2O/c16-11-12-7-8-15(17-9-3-4-10-18-17)14-6-2-1-5-13(12)14/h1-2,5-8H,3-4,9-10H2. The summed E-state index contributed by atoms with van der Waals surface area (Å²) in [4.78, 5) is 5.70. The molecule has 1 aliphatic heterocycles. The Morgan fingerprint density at radius 1 is 1.06 bits per heavy atom. The van der Waals surface area contributed by atoms with E-state index in [4.69, 9.17) is 10.1 Å². The van der Waals surface area contributed by atoms with Gasteiger partial charge in [-0.1, -0.05) is 24.3 Å². The van der Waals surface area contributed by atoms with E-state index in [0.29, 0.717) is 5.56 Å². The summed E-state index contributed by atoms with van der Waals surface area (Å²) in [5, 5.41) is 13.2. The predicted octanol–water partition coefficient (Wildman–Crippen LogP) is 3.24. The largest absolute Gasteiger partial charge is 0.273 e. The lowest BCUT2D eigenvalue weighted by Crippen LogP contribution is -2.29. The minimum Gasteiger partial charge on any atom is -0.273 e. The van der Waals surface area contributed by atoms with Crippen molar-refractivity contribution in [1.82, 2.24) is 0 Å². The summed E-state index contributed by atoms with van der Waals surface area (Å²) in [5.41, 5.74) is 1.77. The minimum absolute atomic E-state index is 0.714. The Morgan fingerprint density at radius 2 is 1.89 bits per heavy atom. The molecule has 0 N–H and O–H groups in total. The zero-order chi connectivity index (χ0) is 12.4. The molecule has 1 heterocycles. The fourth-order valence-corrected chi connectivity index (χ4v) is 2.38. The van der Waals surface area contributed by atoms with E-state index >= 15 is 0 Å². The van der Waals surface area contributed by atoms with Gasteiger partial charge in [0.15, 0.2) is 0 Å². The minimum atomic E-state index is 0.714. The molecule has 3 rings (SSSR count). The van der Waals surface area contributed by atoms with Crippen molar-refractivity contribution in [3.05, 3.63) is 42.0 Å². The molecular weight excluding hydrogens is 224 g/mol. The normalized spacial score (nSPS) is 15.6. The number of benzene rings is 2. The van der Waals surface area contributed by atoms with Gasteiger partial charge in [-0.3, -0.25) is 9.90 Å². The van der Waals surface area contributed by atoms with Crippen LogP contribution < -0.4 is 5.06 Å². The zero-order valence-electron chi connectivity index (χ0n) is 10.1. The highest BCUT2D eigenvalue weighted by Gasteiger charge is 2.15. The highest BCUT2D eigenvalue weighted by molar-refractivity contribution is 5.97. The molecule has 0 atom stereocenters. The van der Waals surface area contributed by atoms with E-state index in [1.807, 2.05) is 41.5 Å². The van der Waals surface area contributed by atoms with E-state index < -0.39 is 0 Å². The zero-order valence-corrected chi connectivity index (χ0v) is 10.1. The van der Waals surface area contributed by atoms with Crippen LogP contribution in [0.25, 0.3) is 10.8 Å². The van der Waals surface area contributed by atoms with Gasteiger partial charge in [-0.05, 0) is 25.0 Å². The van der Waals surface area contributed by atoms with Gasteiger partial charge < -0.3 is 0 Å². The lowest BCUT2D eigenvalue weighted by Gasteiger charge is -2.29. The maximum absolute atomic E-state index is 9.14. The summed E-state index contributed by atoms with van der Waals surface area (Å²) in [6, 6.07) is 14.1. The van der Waals surface area contributed by atoms with Gasteiger partial charge >= 0.3 is 0 Å². The molecule has 0 radical (unpaired) electrons. The Morgan fingerprint density at radius 3 is 2.61 bits per heavy atom. The monoisotopic (exact) mass is 238 g/mol. The number of fused-ring (bicyclic) bond motifs is 1. The van der Waals surface area contributed by atoms with Gasteiger partial charge in [0.25, 0.3) is 0 Å². The van der Waals surface area contributed by atoms with Crippen molar-refractivity contribution in [2.75, 3.05) is 18.2 Å². The van der Waals surface area contributed by atoms with Gasteiger partial charge in [-0.15, -0.1) is 0 Å². The number of hydrogen-bond acceptors (Lipinski definition) is 3. The lowest BCUT2D eigenvalue weighted by atomic mass is 10.0. The molecule has 2 aromatic rings. The quantitative estimate of drug-likeness (QED) is 0.765. The third-order valence-corrected chi connectivity index (χ3v) is 3.29. The Kier molecular flexibility index (Phi) is 2.87. The number of nitriles is 1. The van der Waals surface area contributed by atoms with Gasteiger partial charge in [0.1, 0.15) is 0 Å². The first-order valence-corrected chi connectivity index (χ1v) is 6.22. The van der Waals surface area contributed by atoms with E-state index in [9.17, 15) is 0 Å². The van der Waals surface area contributed by atoms with Gasteiger partial charge in [0.2, 0.25) is 0 Å². The molecule has 0 amide bonds. The molecule has 2 aromatic carbocycles. The van der Waals surface area contributed by atoms with Crippen LogP contribution in [0.2, 0.25) is 0 Å². The first kappa shape index (κ1) is 11.1. The van der Waals surface area contributed by atoms with Crippen LogP contribution in [0.1, 0.15) is 18.4 Å². The topological polar surface area (TPSA) is 36.3 Å². The van der Waals surface area contributed by atoms with Crippen molar-refractivity contribution in [3.63, 3.8) is 0 Å². The summed E-state index contributed by atoms with van der Waals surface area (Å²) >= 11 is 0. The summed E-state index contributed by atoms with van der Waals surface area (Å²) < 4.78 is 0. The average molecular weight is 238 g/mol. The molecule has 0 unspecified atom stereocenters. The smallest absolute Gasteiger partial charge is 0.0998 e. The first-order chi connectivity index (χ1) is 8.90. The van der Waals surface area contributed by atoms with Crippen LogP contribution in [0.4, 0.5) is 5.69 Å². The second-order valence-corrected chi connectivity index (χ2v) is 4.43. The summed E-state index contributed by atoms with van der Waals surface area (Å²) in [5.74, 6) is 0. The molecule has 3 nitrogen and oxygen atoms in total. The third-order valence-electron chi connectivity index (χ3n) is 3.29. The van der Waals surface area contributed by atoms with Crippen LogP contribution in [0.3, 0.4) is 0 Å². The predicted molar refractivity (Wildman–Crippen MR) is 71.2 cm³/mol. The summed E-state index contributed by atoms with van der Waals surface area (Å²) in [6.07, 6.45) is 2.26. The number of anilines is 1. The number of hydrogen-bond donors (Lipinski definition) is 0. The maximum atomic E-state index is 9.14. The van der Waals surface area contributed by atoms with Crippen molar-refractivity contribution in [3.8, 4) is 6.07 Å². The van der Waals surface area contributed by atoms with E-state index in [-0.39, 0.29) is 0 Å². The molecule has 0 aromatic heterocycles. The molecule has 3 heteroatoms. The van der Waals surface area contributed by atoms with Gasteiger partial charge in [0.05, 0.1) is 23.9 Å². The molecule has 1 aliphatic rings. The van der Waals surface area contributed by atoms with Crippen molar-refractivity contribution < 1.29 is 4.84 Å². The second-order valence-electron chi connectivity index (χ2n) is 4.43. The van der Waals surface area contributed by atoms with Crippen LogP contribution in [-0.2, 0) is 4.84 Å². The lowest BCUT2D eigenvalue weighted by molar-refractivity contribution is 0.0784. The molecule has 18 heavy (non-hydrogen) atoms. The molecule has 1 saturated heterocycles. The van der Waals surface area contributed by atoms with Crippen LogP contribution >= 0.6 is 0 Å². The van der Waals surface area contributed by atoms with Crippen LogP contribution in [-0.4, -0.2) is 13.2 Å². The molecule has 0 spiro atoms. The Bertz CT molecular complexity index is 609. The molecule has 0 bridgehead atoms. The second kappa shape index (κ2) is 4.67. The molecule has 1 fully saturated rings. The Labute approximate surface area is 106 Å². The Hall–Kier alpha value is -2.05. The number of rotatable bonds is 1. The maximum Gasteiger partial charge on any atom is 0.0998 e. The van der Waals surface area contributed by atoms with E-state index in [1.54, 1.807) is 0 Å². The molecular formula is C15H14N2O. The highest BCUT2D eigenvalue weighted by atomic mass is 16.7. The fraction of sp³-hybridized carbons (Fsp3) is 0.267. The fourth-order valence-electron chi connectivity index (χ4n) is 2.38. The highest BCUT2D eigenvalue weighted by Crippen LogP contribution is 2.30. The summed E-state index contributed by atoms with van der Waals surface area (Å²) in [6.45, 7) is 1.68. The van der Waals surface area contributed by atoms with Crippen molar-refractivity contribution in [2.24, 2.45) is 0 Å². The van der Waals surface area contributed by atoms with Crippen molar-refractivity contribution in [2.45, 2.75) is 12.8 Å². The van der Waals surface area contributed by atoms with Crippen molar-refractivity contribution >= 4 is 16.5 Å². The van der Waals surface area contributed by atoms with E-state index in [1.165, 1.54) is 0 Å². The van der Waals surface area contributed by atoms with Crippen LogP contribution in [0, 0.1) is 11.3 Å². The molecule has 90 valence electrons.